The molecule has 0 saturated carbocycles. The van der Waals surface area contributed by atoms with Crippen LogP contribution in [-0.2, 0) is 10.0 Å². The van der Waals surface area contributed by atoms with Crippen LogP contribution in [0.5, 0.6) is 0 Å². The second-order valence-electron chi connectivity index (χ2n) is 5.11. The van der Waals surface area contributed by atoms with Gasteiger partial charge in [-0.2, -0.15) is 4.31 Å². The molecule has 1 aliphatic heterocycles. The van der Waals surface area contributed by atoms with Crippen molar-refractivity contribution in [2.45, 2.75) is 31.7 Å². The van der Waals surface area contributed by atoms with Crippen LogP contribution in [0.3, 0.4) is 0 Å². The fraction of sp³-hybridized carbons (Fsp3) is 0.538. The van der Waals surface area contributed by atoms with Crippen LogP contribution in [0.4, 0.5) is 0 Å². The van der Waals surface area contributed by atoms with Crippen molar-refractivity contribution in [3.05, 3.63) is 27.2 Å². The predicted octanol–water partition coefficient (Wildman–Crippen LogP) is 2.59. The average Bonchev–Trinajstić information content (AvgIpc) is 2.36. The number of halogens is 2. The molecular formula is C13H18Cl2N2O2S. The molecule has 1 N–H and O–H groups in total. The first kappa shape index (κ1) is 16.0. The number of piperazine rings is 1. The van der Waals surface area contributed by atoms with Crippen molar-refractivity contribution < 1.29 is 8.42 Å². The maximum atomic E-state index is 12.9. The van der Waals surface area contributed by atoms with Crippen molar-refractivity contribution in [1.82, 2.24) is 9.62 Å². The zero-order valence-electron chi connectivity index (χ0n) is 11.7. The summed E-state index contributed by atoms with van der Waals surface area (Å²) in [5.74, 6) is 0. The molecule has 1 atom stereocenters. The highest BCUT2D eigenvalue weighted by atomic mass is 35.5. The van der Waals surface area contributed by atoms with Gasteiger partial charge < -0.3 is 5.32 Å². The highest BCUT2D eigenvalue weighted by molar-refractivity contribution is 7.89. The average molecular weight is 337 g/mol. The molecule has 7 heteroatoms. The van der Waals surface area contributed by atoms with E-state index in [0.717, 1.165) is 0 Å². The standard InChI is InChI=1S/C13H18Cl2N2O2S/c1-8-6-11(14)10(3)13(12(8)15)20(18,19)17-5-4-16-7-9(17)2/h6,9,16H,4-5,7H2,1-3H3. The Kier molecular flexibility index (Phi) is 4.66. The quantitative estimate of drug-likeness (QED) is 0.902. The summed E-state index contributed by atoms with van der Waals surface area (Å²) in [5.41, 5.74) is 1.18. The van der Waals surface area contributed by atoms with Gasteiger partial charge in [0.15, 0.2) is 0 Å². The van der Waals surface area contributed by atoms with E-state index in [1.165, 1.54) is 4.31 Å². The molecule has 0 spiro atoms. The summed E-state index contributed by atoms with van der Waals surface area (Å²) in [7, 11) is -3.64. The lowest BCUT2D eigenvalue weighted by Crippen LogP contribution is -2.52. The van der Waals surface area contributed by atoms with Crippen LogP contribution >= 0.6 is 23.2 Å². The van der Waals surface area contributed by atoms with Gasteiger partial charge in [0.1, 0.15) is 4.90 Å². The highest BCUT2D eigenvalue weighted by Crippen LogP contribution is 2.35. The molecule has 0 radical (unpaired) electrons. The smallest absolute Gasteiger partial charge is 0.245 e. The third-order valence-corrected chi connectivity index (χ3v) is 6.77. The van der Waals surface area contributed by atoms with Gasteiger partial charge in [0.2, 0.25) is 10.0 Å². The predicted molar refractivity (Wildman–Crippen MR) is 82.2 cm³/mol. The van der Waals surface area contributed by atoms with Crippen molar-refractivity contribution in [2.75, 3.05) is 19.6 Å². The minimum Gasteiger partial charge on any atom is -0.314 e. The maximum absolute atomic E-state index is 12.9. The molecule has 0 aliphatic carbocycles. The Labute approximate surface area is 130 Å². The summed E-state index contributed by atoms with van der Waals surface area (Å²) >= 11 is 12.4. The number of hydrogen-bond acceptors (Lipinski definition) is 3. The summed E-state index contributed by atoms with van der Waals surface area (Å²) in [6, 6.07) is 1.59. The molecule has 1 aromatic carbocycles. The van der Waals surface area contributed by atoms with E-state index in [4.69, 9.17) is 23.2 Å². The van der Waals surface area contributed by atoms with E-state index in [9.17, 15) is 8.42 Å². The Balaban J connectivity index is 2.60. The van der Waals surface area contributed by atoms with E-state index >= 15 is 0 Å². The molecule has 0 aromatic heterocycles. The van der Waals surface area contributed by atoms with Crippen LogP contribution in [0.1, 0.15) is 18.1 Å². The molecule has 1 fully saturated rings. The molecule has 112 valence electrons. The van der Waals surface area contributed by atoms with Gasteiger partial charge in [-0.25, -0.2) is 8.42 Å². The van der Waals surface area contributed by atoms with E-state index in [2.05, 4.69) is 5.32 Å². The first-order valence-electron chi connectivity index (χ1n) is 6.44. The Morgan fingerprint density at radius 1 is 1.35 bits per heavy atom. The summed E-state index contributed by atoms with van der Waals surface area (Å²) in [6.45, 7) is 7.03. The number of benzene rings is 1. The number of nitrogens with one attached hydrogen (secondary N) is 1. The zero-order valence-corrected chi connectivity index (χ0v) is 14.0. The molecule has 4 nitrogen and oxygen atoms in total. The van der Waals surface area contributed by atoms with Gasteiger partial charge in [-0.05, 0) is 38.0 Å². The van der Waals surface area contributed by atoms with Gasteiger partial charge in [0.05, 0.1) is 5.02 Å². The number of aryl methyl sites for hydroxylation is 1. The van der Waals surface area contributed by atoms with Gasteiger partial charge in [-0.3, -0.25) is 0 Å². The van der Waals surface area contributed by atoms with Crippen LogP contribution in [0.25, 0.3) is 0 Å². The van der Waals surface area contributed by atoms with Crippen LogP contribution in [0.2, 0.25) is 10.0 Å². The summed E-state index contributed by atoms with van der Waals surface area (Å²) in [6.07, 6.45) is 0. The zero-order chi connectivity index (χ0) is 15.1. The Morgan fingerprint density at radius 2 is 2.00 bits per heavy atom. The van der Waals surface area contributed by atoms with Gasteiger partial charge in [0.25, 0.3) is 0 Å². The van der Waals surface area contributed by atoms with Gasteiger partial charge >= 0.3 is 0 Å². The lowest BCUT2D eigenvalue weighted by Gasteiger charge is -2.33. The second kappa shape index (κ2) is 5.81. The van der Waals surface area contributed by atoms with E-state index in [-0.39, 0.29) is 16.0 Å². The monoisotopic (exact) mass is 336 g/mol. The fourth-order valence-electron chi connectivity index (χ4n) is 2.42. The van der Waals surface area contributed by atoms with Crippen molar-refractivity contribution in [2.24, 2.45) is 0 Å². The number of rotatable bonds is 2. The van der Waals surface area contributed by atoms with Crippen LogP contribution in [-0.4, -0.2) is 38.4 Å². The first-order valence-corrected chi connectivity index (χ1v) is 8.64. The van der Waals surface area contributed by atoms with Crippen molar-refractivity contribution >= 4 is 33.2 Å². The summed E-state index contributed by atoms with van der Waals surface area (Å²) < 4.78 is 27.3. The highest BCUT2D eigenvalue weighted by Gasteiger charge is 2.34. The second-order valence-corrected chi connectivity index (χ2v) is 7.72. The molecule has 1 heterocycles. The third kappa shape index (κ3) is 2.70. The van der Waals surface area contributed by atoms with Crippen molar-refractivity contribution in [1.29, 1.82) is 0 Å². The Morgan fingerprint density at radius 3 is 2.60 bits per heavy atom. The molecule has 0 amide bonds. The molecule has 2 rings (SSSR count). The van der Waals surface area contributed by atoms with Gasteiger partial charge in [-0.1, -0.05) is 23.2 Å². The van der Waals surface area contributed by atoms with Crippen LogP contribution in [0, 0.1) is 13.8 Å². The normalized spacial score (nSPS) is 21.1. The third-order valence-electron chi connectivity index (χ3n) is 3.59. The SMILES string of the molecule is Cc1cc(Cl)c(C)c(S(=O)(=O)N2CCNCC2C)c1Cl. The summed E-state index contributed by atoms with van der Waals surface area (Å²) in [4.78, 5) is 0.137. The lowest BCUT2D eigenvalue weighted by atomic mass is 10.2. The largest absolute Gasteiger partial charge is 0.314 e. The minimum atomic E-state index is -3.64. The van der Waals surface area contributed by atoms with Gasteiger partial charge in [0, 0.05) is 30.7 Å². The summed E-state index contributed by atoms with van der Waals surface area (Å²) in [5, 5.41) is 3.86. The topological polar surface area (TPSA) is 49.4 Å². The number of hydrogen-bond donors (Lipinski definition) is 1. The first-order chi connectivity index (χ1) is 9.26. The Hall–Kier alpha value is -0.330. The van der Waals surface area contributed by atoms with Crippen LogP contribution in [0.15, 0.2) is 11.0 Å². The fourth-order valence-corrected chi connectivity index (χ4v) is 5.22. The van der Waals surface area contributed by atoms with Crippen molar-refractivity contribution in [3.8, 4) is 0 Å². The molecule has 1 saturated heterocycles. The van der Waals surface area contributed by atoms with E-state index < -0.39 is 10.0 Å². The molecule has 20 heavy (non-hydrogen) atoms. The van der Waals surface area contributed by atoms with Crippen LogP contribution < -0.4 is 5.32 Å². The molecular weight excluding hydrogens is 319 g/mol. The van der Waals surface area contributed by atoms with Gasteiger partial charge in [-0.15, -0.1) is 0 Å². The molecule has 1 unspecified atom stereocenters. The Bertz CT molecular complexity index is 605. The van der Waals surface area contributed by atoms with Crippen molar-refractivity contribution in [3.63, 3.8) is 0 Å². The van der Waals surface area contributed by atoms with E-state index in [1.54, 1.807) is 19.9 Å². The van der Waals surface area contributed by atoms with E-state index in [0.29, 0.717) is 35.8 Å². The maximum Gasteiger partial charge on any atom is 0.245 e. The number of nitrogens with zero attached hydrogens (tertiary/aromatic N) is 1. The molecule has 1 aliphatic rings. The molecule has 0 bridgehead atoms. The minimum absolute atomic E-state index is 0.108. The lowest BCUT2D eigenvalue weighted by molar-refractivity contribution is 0.283. The van der Waals surface area contributed by atoms with E-state index in [1.807, 2.05) is 6.92 Å². The molecule has 1 aromatic rings. The number of sulfonamides is 1.